The number of benzene rings is 1. The molecule has 0 amide bonds. The third-order valence-corrected chi connectivity index (χ3v) is 8.00. The number of fused-ring (bicyclic) bond motifs is 1. The fourth-order valence-corrected chi connectivity index (χ4v) is 5.55. The van der Waals surface area contributed by atoms with Gasteiger partial charge in [-0.3, -0.25) is 13.9 Å². The van der Waals surface area contributed by atoms with Crippen LogP contribution in [0.25, 0.3) is 16.8 Å². The second-order valence-electron chi connectivity index (χ2n) is 9.24. The molecule has 0 unspecified atom stereocenters. The van der Waals surface area contributed by atoms with Crippen LogP contribution in [0.2, 0.25) is 5.02 Å². The highest BCUT2D eigenvalue weighted by molar-refractivity contribution is 7.92. The van der Waals surface area contributed by atoms with Crippen molar-refractivity contribution in [2.45, 2.75) is 11.8 Å². The quantitative estimate of drug-likeness (QED) is 0.337. The second-order valence-corrected chi connectivity index (χ2v) is 11.3. The number of methoxy groups -OCH3 is 1. The number of pyridine rings is 2. The molecule has 10 nitrogen and oxygen atoms in total. The summed E-state index contributed by atoms with van der Waals surface area (Å²) in [5, 5.41) is 2.92. The average molecular weight is 560 g/mol. The minimum absolute atomic E-state index is 0.00449. The molecule has 1 aliphatic heterocycles. The van der Waals surface area contributed by atoms with E-state index in [9.17, 15) is 17.6 Å². The normalized spacial score (nSPS) is 14.6. The molecule has 38 heavy (non-hydrogen) atoms. The van der Waals surface area contributed by atoms with Crippen molar-refractivity contribution in [3.05, 3.63) is 76.2 Å². The van der Waals surface area contributed by atoms with E-state index in [4.69, 9.17) is 21.1 Å². The molecule has 1 fully saturated rings. The maximum atomic E-state index is 13.4. The summed E-state index contributed by atoms with van der Waals surface area (Å²) < 4.78 is 54.2. The molecule has 0 radical (unpaired) electrons. The Labute approximate surface area is 222 Å². The Morgan fingerprint density at radius 2 is 1.95 bits per heavy atom. The molecule has 1 aromatic carbocycles. The molecule has 5 rings (SSSR count). The number of nitrogens with zero attached hydrogens (tertiary/aromatic N) is 3. The van der Waals surface area contributed by atoms with Crippen LogP contribution in [0, 0.1) is 11.2 Å². The fourth-order valence-electron chi connectivity index (χ4n) is 3.97. The molecule has 0 saturated carbocycles. The maximum absolute atomic E-state index is 13.4. The molecule has 0 atom stereocenters. The van der Waals surface area contributed by atoms with E-state index in [2.05, 4.69) is 26.9 Å². The van der Waals surface area contributed by atoms with Gasteiger partial charge < -0.3 is 14.8 Å². The SMILES string of the molecule is COc1ncc(-c2ccc3ncc(OCC4(C)CNC4)c(=O)n3c2)cc1NS(=O)(=O)c1ccc(F)cc1Cl. The van der Waals surface area contributed by atoms with Crippen molar-refractivity contribution in [3.63, 3.8) is 0 Å². The number of hydrogen-bond acceptors (Lipinski definition) is 8. The van der Waals surface area contributed by atoms with E-state index in [-0.39, 0.29) is 38.2 Å². The third kappa shape index (κ3) is 5.02. The van der Waals surface area contributed by atoms with Gasteiger partial charge in [0.2, 0.25) is 11.6 Å². The van der Waals surface area contributed by atoms with Gasteiger partial charge in [-0.05, 0) is 36.4 Å². The summed E-state index contributed by atoms with van der Waals surface area (Å²) in [4.78, 5) is 21.3. The van der Waals surface area contributed by atoms with E-state index in [0.29, 0.717) is 23.4 Å². The summed E-state index contributed by atoms with van der Waals surface area (Å²) in [6.07, 6.45) is 4.46. The Morgan fingerprint density at radius 3 is 2.63 bits per heavy atom. The summed E-state index contributed by atoms with van der Waals surface area (Å²) in [5.41, 5.74) is 1.07. The van der Waals surface area contributed by atoms with Gasteiger partial charge in [0.15, 0.2) is 0 Å². The van der Waals surface area contributed by atoms with Crippen LogP contribution in [0.5, 0.6) is 11.6 Å². The number of sulfonamides is 1. The van der Waals surface area contributed by atoms with Crippen molar-refractivity contribution in [1.29, 1.82) is 0 Å². The van der Waals surface area contributed by atoms with Crippen LogP contribution in [0.3, 0.4) is 0 Å². The van der Waals surface area contributed by atoms with Crippen molar-refractivity contribution in [2.24, 2.45) is 5.41 Å². The fraction of sp³-hybridized carbons (Fsp3) is 0.240. The first-order valence-corrected chi connectivity index (χ1v) is 13.3. The summed E-state index contributed by atoms with van der Waals surface area (Å²) in [6, 6.07) is 7.85. The number of ether oxygens (including phenoxy) is 2. The minimum Gasteiger partial charge on any atom is -0.486 e. The Bertz CT molecular complexity index is 1710. The van der Waals surface area contributed by atoms with Crippen molar-refractivity contribution in [2.75, 3.05) is 31.5 Å². The van der Waals surface area contributed by atoms with E-state index < -0.39 is 15.8 Å². The van der Waals surface area contributed by atoms with Crippen molar-refractivity contribution in [1.82, 2.24) is 19.7 Å². The average Bonchev–Trinajstić information content (AvgIpc) is 2.86. The van der Waals surface area contributed by atoms with Gasteiger partial charge in [-0.2, -0.15) is 0 Å². The zero-order valence-electron chi connectivity index (χ0n) is 20.4. The standard InChI is InChI=1S/C25H23ClFN5O5S/c1-25(12-28-13-25)14-37-20-10-29-22-6-3-15(11-32(22)24(20)33)16-7-19(23(36-2)30-9-16)31-38(34,35)21-5-4-17(27)8-18(21)26/h3-11,28,31H,12-14H2,1-2H3. The Hall–Kier alpha value is -3.74. The first-order valence-electron chi connectivity index (χ1n) is 11.5. The molecule has 2 N–H and O–H groups in total. The zero-order valence-corrected chi connectivity index (χ0v) is 21.9. The van der Waals surface area contributed by atoms with Crippen LogP contribution < -0.4 is 25.1 Å². The lowest BCUT2D eigenvalue weighted by Crippen LogP contribution is -2.54. The zero-order chi connectivity index (χ0) is 27.1. The third-order valence-electron chi connectivity index (χ3n) is 6.16. The second kappa shape index (κ2) is 9.86. The minimum atomic E-state index is -4.21. The van der Waals surface area contributed by atoms with E-state index >= 15 is 0 Å². The number of rotatable bonds is 8. The molecule has 3 aromatic heterocycles. The van der Waals surface area contributed by atoms with Gasteiger partial charge in [-0.1, -0.05) is 18.5 Å². The number of halogens is 2. The molecule has 0 aliphatic carbocycles. The first kappa shape index (κ1) is 25.9. The maximum Gasteiger partial charge on any atom is 0.300 e. The number of nitrogens with one attached hydrogen (secondary N) is 2. The highest BCUT2D eigenvalue weighted by Gasteiger charge is 2.32. The van der Waals surface area contributed by atoms with Crippen molar-refractivity contribution < 1.29 is 22.3 Å². The van der Waals surface area contributed by atoms with Crippen LogP contribution in [0.1, 0.15) is 6.92 Å². The van der Waals surface area contributed by atoms with Gasteiger partial charge in [0.05, 0.1) is 24.9 Å². The molecule has 198 valence electrons. The number of hydrogen-bond donors (Lipinski definition) is 2. The lowest BCUT2D eigenvalue weighted by Gasteiger charge is -2.38. The molecule has 0 spiro atoms. The number of anilines is 1. The molecular weight excluding hydrogens is 537 g/mol. The Kier molecular flexibility index (Phi) is 6.72. The highest BCUT2D eigenvalue weighted by Crippen LogP contribution is 2.32. The van der Waals surface area contributed by atoms with Crippen LogP contribution in [-0.2, 0) is 10.0 Å². The van der Waals surface area contributed by atoms with Crippen molar-refractivity contribution >= 4 is 33.0 Å². The van der Waals surface area contributed by atoms with Crippen molar-refractivity contribution in [3.8, 4) is 22.8 Å². The van der Waals surface area contributed by atoms with E-state index in [1.165, 1.54) is 30.0 Å². The van der Waals surface area contributed by atoms with E-state index in [1.807, 2.05) is 0 Å². The summed E-state index contributed by atoms with van der Waals surface area (Å²) >= 11 is 5.97. The molecule has 1 saturated heterocycles. The topological polar surface area (TPSA) is 124 Å². The molecule has 0 bridgehead atoms. The number of aromatic nitrogens is 3. The summed E-state index contributed by atoms with van der Waals surface area (Å²) in [6.45, 7) is 4.07. The molecule has 1 aliphatic rings. The lowest BCUT2D eigenvalue weighted by atomic mass is 9.85. The van der Waals surface area contributed by atoms with Gasteiger partial charge in [0, 0.05) is 42.0 Å². The lowest BCUT2D eigenvalue weighted by molar-refractivity contribution is 0.101. The molecule has 4 heterocycles. The van der Waals surface area contributed by atoms with Gasteiger partial charge in [0.1, 0.15) is 22.0 Å². The van der Waals surface area contributed by atoms with Crippen LogP contribution in [0.15, 0.2) is 64.7 Å². The van der Waals surface area contributed by atoms with E-state index in [0.717, 1.165) is 31.3 Å². The summed E-state index contributed by atoms with van der Waals surface area (Å²) in [5.74, 6) is -0.533. The molecule has 4 aromatic rings. The smallest absolute Gasteiger partial charge is 0.300 e. The highest BCUT2D eigenvalue weighted by atomic mass is 35.5. The van der Waals surface area contributed by atoms with Crippen LogP contribution in [0.4, 0.5) is 10.1 Å². The first-order chi connectivity index (χ1) is 18.1. The Balaban J connectivity index is 1.49. The van der Waals surface area contributed by atoms with Crippen LogP contribution >= 0.6 is 11.6 Å². The summed E-state index contributed by atoms with van der Waals surface area (Å²) in [7, 11) is -2.87. The van der Waals surface area contributed by atoms with Gasteiger partial charge in [-0.25, -0.2) is 22.8 Å². The monoisotopic (exact) mass is 559 g/mol. The van der Waals surface area contributed by atoms with E-state index in [1.54, 1.807) is 18.3 Å². The van der Waals surface area contributed by atoms with Crippen LogP contribution in [-0.4, -0.2) is 49.6 Å². The molecule has 13 heteroatoms. The Morgan fingerprint density at radius 1 is 1.16 bits per heavy atom. The molecular formula is C25H23ClFN5O5S. The predicted molar refractivity (Wildman–Crippen MR) is 140 cm³/mol. The van der Waals surface area contributed by atoms with Gasteiger partial charge in [0.25, 0.3) is 15.6 Å². The largest absolute Gasteiger partial charge is 0.486 e. The predicted octanol–water partition coefficient (Wildman–Crippen LogP) is 3.35. The van der Waals surface area contributed by atoms with Gasteiger partial charge in [-0.15, -0.1) is 0 Å². The van der Waals surface area contributed by atoms with Gasteiger partial charge >= 0.3 is 0 Å².